The van der Waals surface area contributed by atoms with Crippen molar-refractivity contribution in [2.24, 2.45) is 5.92 Å². The second kappa shape index (κ2) is 9.87. The minimum absolute atomic E-state index is 0.0857. The highest BCUT2D eigenvalue weighted by Crippen LogP contribution is 2.31. The molecular formula is C23H26N2O4. The predicted molar refractivity (Wildman–Crippen MR) is 109 cm³/mol. The van der Waals surface area contributed by atoms with Gasteiger partial charge < -0.3 is 15.7 Å². The van der Waals surface area contributed by atoms with Gasteiger partial charge in [-0.15, -0.1) is 0 Å². The number of nitrogens with one attached hydrogen (secondary N) is 2. The van der Waals surface area contributed by atoms with Gasteiger partial charge in [0.15, 0.2) is 0 Å². The Bertz CT molecular complexity index is 832. The largest absolute Gasteiger partial charge is 0.481 e. The van der Waals surface area contributed by atoms with Crippen LogP contribution in [0.25, 0.3) is 0 Å². The van der Waals surface area contributed by atoms with Crippen LogP contribution in [0.1, 0.15) is 54.1 Å². The van der Waals surface area contributed by atoms with Crippen LogP contribution < -0.4 is 10.6 Å². The van der Waals surface area contributed by atoms with Gasteiger partial charge in [0.1, 0.15) is 0 Å². The number of benzene rings is 2. The van der Waals surface area contributed by atoms with Gasteiger partial charge in [0.25, 0.3) is 5.91 Å². The lowest BCUT2D eigenvalue weighted by atomic mass is 9.77. The van der Waals surface area contributed by atoms with E-state index in [2.05, 4.69) is 10.6 Å². The number of carboxylic acids is 1. The lowest BCUT2D eigenvalue weighted by Gasteiger charge is -2.36. The van der Waals surface area contributed by atoms with E-state index in [-0.39, 0.29) is 30.7 Å². The van der Waals surface area contributed by atoms with Crippen molar-refractivity contribution < 1.29 is 19.5 Å². The number of carbonyl (C=O) groups is 3. The minimum Gasteiger partial charge on any atom is -0.481 e. The Kier molecular flexibility index (Phi) is 7.00. The van der Waals surface area contributed by atoms with Crippen molar-refractivity contribution in [3.05, 3.63) is 71.8 Å². The fraction of sp³-hybridized carbons (Fsp3) is 0.348. The molecule has 0 spiro atoms. The lowest BCUT2D eigenvalue weighted by molar-refractivity contribution is -0.137. The molecule has 0 saturated heterocycles. The van der Waals surface area contributed by atoms with Crippen LogP contribution in [0.2, 0.25) is 0 Å². The minimum atomic E-state index is -0.780. The van der Waals surface area contributed by atoms with Crippen molar-refractivity contribution in [2.45, 2.75) is 44.2 Å². The molecule has 2 amide bonds. The third-order valence-electron chi connectivity index (χ3n) is 5.30. The van der Waals surface area contributed by atoms with Crippen LogP contribution >= 0.6 is 0 Å². The van der Waals surface area contributed by atoms with Gasteiger partial charge in [-0.1, -0.05) is 48.5 Å². The Hall–Kier alpha value is -3.15. The summed E-state index contributed by atoms with van der Waals surface area (Å²) in [5.41, 5.74) is 1.42. The van der Waals surface area contributed by atoms with Crippen molar-refractivity contribution in [2.75, 3.05) is 0 Å². The summed E-state index contributed by atoms with van der Waals surface area (Å²) in [4.78, 5) is 35.8. The third kappa shape index (κ3) is 6.17. The normalized spacial score (nSPS) is 18.9. The summed E-state index contributed by atoms with van der Waals surface area (Å²) < 4.78 is 0. The van der Waals surface area contributed by atoms with E-state index in [0.29, 0.717) is 17.9 Å². The molecule has 0 aliphatic heterocycles. The molecule has 1 fully saturated rings. The maximum atomic E-state index is 12.6. The molecular weight excluding hydrogens is 368 g/mol. The Morgan fingerprint density at radius 2 is 1.59 bits per heavy atom. The van der Waals surface area contributed by atoms with Crippen LogP contribution in [0.5, 0.6) is 0 Å². The lowest BCUT2D eigenvalue weighted by Crippen LogP contribution is -2.45. The summed E-state index contributed by atoms with van der Waals surface area (Å²) in [6, 6.07) is 18.0. The second-order valence-corrected chi connectivity index (χ2v) is 7.54. The summed E-state index contributed by atoms with van der Waals surface area (Å²) in [6.45, 7) is 0. The van der Waals surface area contributed by atoms with Crippen LogP contribution in [-0.2, 0) is 9.59 Å². The first-order valence-electron chi connectivity index (χ1n) is 9.93. The number of aliphatic carboxylic acids is 1. The van der Waals surface area contributed by atoms with Gasteiger partial charge in [-0.3, -0.25) is 14.4 Å². The van der Waals surface area contributed by atoms with Crippen molar-refractivity contribution >= 4 is 17.8 Å². The highest BCUT2D eigenvalue weighted by molar-refractivity contribution is 5.94. The Labute approximate surface area is 170 Å². The molecule has 29 heavy (non-hydrogen) atoms. The first-order chi connectivity index (χ1) is 14.0. The van der Waals surface area contributed by atoms with Gasteiger partial charge in [0.05, 0.1) is 12.5 Å². The molecule has 3 N–H and O–H groups in total. The summed E-state index contributed by atoms with van der Waals surface area (Å²) >= 11 is 0. The first kappa shape index (κ1) is 20.6. The average Bonchev–Trinajstić information content (AvgIpc) is 2.70. The quantitative estimate of drug-likeness (QED) is 0.608. The molecule has 0 heterocycles. The number of hydrogen-bond donors (Lipinski definition) is 3. The number of hydrogen-bond acceptors (Lipinski definition) is 3. The van der Waals surface area contributed by atoms with E-state index in [1.54, 1.807) is 24.3 Å². The van der Waals surface area contributed by atoms with E-state index in [1.807, 2.05) is 36.4 Å². The molecule has 6 nitrogen and oxygen atoms in total. The molecule has 0 aromatic heterocycles. The number of carboxylic acid groups (broad SMARTS) is 1. The van der Waals surface area contributed by atoms with Crippen molar-refractivity contribution in [1.29, 1.82) is 0 Å². The van der Waals surface area contributed by atoms with E-state index in [4.69, 9.17) is 5.11 Å². The standard InChI is InChI=1S/C23H26N2O4/c26-21(24-19-13-16(14-19)11-12-22(27)28)15-20(17-7-3-1-4-8-17)25-23(29)18-9-5-2-6-10-18/h1-10,16,19-20H,11-15H2,(H,24,26)(H,25,29)(H,27,28). The number of amides is 2. The summed E-state index contributed by atoms with van der Waals surface area (Å²) in [6.07, 6.45) is 2.60. The maximum Gasteiger partial charge on any atom is 0.303 e. The zero-order chi connectivity index (χ0) is 20.6. The third-order valence-corrected chi connectivity index (χ3v) is 5.30. The highest BCUT2D eigenvalue weighted by Gasteiger charge is 2.31. The van der Waals surface area contributed by atoms with Gasteiger partial charge in [-0.25, -0.2) is 0 Å². The average molecular weight is 394 g/mol. The zero-order valence-corrected chi connectivity index (χ0v) is 16.2. The van der Waals surface area contributed by atoms with Crippen molar-refractivity contribution in [3.8, 4) is 0 Å². The van der Waals surface area contributed by atoms with Crippen molar-refractivity contribution in [3.63, 3.8) is 0 Å². The van der Waals surface area contributed by atoms with E-state index in [9.17, 15) is 14.4 Å². The smallest absolute Gasteiger partial charge is 0.303 e. The van der Waals surface area contributed by atoms with Crippen LogP contribution in [0.3, 0.4) is 0 Å². The maximum absolute atomic E-state index is 12.6. The molecule has 152 valence electrons. The molecule has 1 aliphatic rings. The predicted octanol–water partition coefficient (Wildman–Crippen LogP) is 3.31. The molecule has 1 unspecified atom stereocenters. The SMILES string of the molecule is O=C(O)CCC1CC(NC(=O)CC(NC(=O)c2ccccc2)c2ccccc2)C1. The molecule has 6 heteroatoms. The molecule has 3 rings (SSSR count). The molecule has 0 radical (unpaired) electrons. The van der Waals surface area contributed by atoms with Gasteiger partial charge in [-0.05, 0) is 42.9 Å². The van der Waals surface area contributed by atoms with Gasteiger partial charge in [0.2, 0.25) is 5.91 Å². The zero-order valence-electron chi connectivity index (χ0n) is 16.2. The fourth-order valence-electron chi connectivity index (χ4n) is 3.66. The number of carbonyl (C=O) groups excluding carboxylic acids is 2. The first-order valence-corrected chi connectivity index (χ1v) is 9.93. The highest BCUT2D eigenvalue weighted by atomic mass is 16.4. The van der Waals surface area contributed by atoms with E-state index in [0.717, 1.165) is 18.4 Å². The number of rotatable bonds is 9. The summed E-state index contributed by atoms with van der Waals surface area (Å²) in [5, 5.41) is 14.7. The molecule has 1 atom stereocenters. The molecule has 1 saturated carbocycles. The summed E-state index contributed by atoms with van der Waals surface area (Å²) in [5.74, 6) is -0.755. The molecule has 1 aliphatic carbocycles. The van der Waals surface area contributed by atoms with Crippen LogP contribution in [0, 0.1) is 5.92 Å². The molecule has 0 bridgehead atoms. The van der Waals surface area contributed by atoms with E-state index < -0.39 is 12.0 Å². The van der Waals surface area contributed by atoms with E-state index in [1.165, 1.54) is 0 Å². The van der Waals surface area contributed by atoms with Gasteiger partial charge in [0, 0.05) is 18.0 Å². The van der Waals surface area contributed by atoms with Crippen LogP contribution in [-0.4, -0.2) is 28.9 Å². The summed E-state index contributed by atoms with van der Waals surface area (Å²) in [7, 11) is 0. The Morgan fingerprint density at radius 1 is 0.966 bits per heavy atom. The second-order valence-electron chi connectivity index (χ2n) is 7.54. The molecule has 2 aromatic rings. The van der Waals surface area contributed by atoms with Crippen molar-refractivity contribution in [1.82, 2.24) is 10.6 Å². The Balaban J connectivity index is 1.55. The van der Waals surface area contributed by atoms with Gasteiger partial charge in [-0.2, -0.15) is 0 Å². The van der Waals surface area contributed by atoms with Crippen LogP contribution in [0.15, 0.2) is 60.7 Å². The van der Waals surface area contributed by atoms with Crippen LogP contribution in [0.4, 0.5) is 0 Å². The Morgan fingerprint density at radius 3 is 2.21 bits per heavy atom. The van der Waals surface area contributed by atoms with E-state index >= 15 is 0 Å². The molecule has 2 aromatic carbocycles. The van der Waals surface area contributed by atoms with Gasteiger partial charge >= 0.3 is 5.97 Å². The monoisotopic (exact) mass is 394 g/mol. The fourth-order valence-corrected chi connectivity index (χ4v) is 3.66. The topological polar surface area (TPSA) is 95.5 Å².